The molecule has 0 aliphatic rings. The molecule has 6 nitrogen and oxygen atoms in total. The van der Waals surface area contributed by atoms with Crippen LogP contribution in [0.25, 0.3) is 11.3 Å². The van der Waals surface area contributed by atoms with Gasteiger partial charge in [0.05, 0.1) is 12.3 Å². The van der Waals surface area contributed by atoms with Crippen molar-refractivity contribution in [2.24, 2.45) is 0 Å². The number of methoxy groups -OCH3 is 1. The van der Waals surface area contributed by atoms with Crippen LogP contribution < -0.4 is 5.32 Å². The van der Waals surface area contributed by atoms with E-state index >= 15 is 0 Å². The van der Waals surface area contributed by atoms with Gasteiger partial charge in [-0.25, -0.2) is 0 Å². The summed E-state index contributed by atoms with van der Waals surface area (Å²) in [6, 6.07) is 11.2. The van der Waals surface area contributed by atoms with Crippen LogP contribution >= 0.6 is 11.6 Å². The topological polar surface area (TPSA) is 79.9 Å². The van der Waals surface area contributed by atoms with Gasteiger partial charge in [-0.1, -0.05) is 23.7 Å². The standard InChI is InChI=1S/C19H19ClN4O2/c1-26-12-16-18(14-8-10-21-11-9-14)23-24-19(16)22-17(25)7-4-13-2-5-15(20)6-3-13/h2-3,5-6,8-11H,4,7,12H2,1H3,(H2,22,23,24,25). The molecular formula is C19H19ClN4O2. The Labute approximate surface area is 156 Å². The number of aromatic nitrogens is 3. The number of aromatic amines is 1. The van der Waals surface area contributed by atoms with Gasteiger partial charge in [-0.05, 0) is 36.2 Å². The first-order chi connectivity index (χ1) is 12.7. The van der Waals surface area contributed by atoms with Gasteiger partial charge in [0.25, 0.3) is 0 Å². The first-order valence-corrected chi connectivity index (χ1v) is 8.56. The van der Waals surface area contributed by atoms with E-state index in [1.165, 1.54) is 0 Å². The van der Waals surface area contributed by atoms with E-state index < -0.39 is 0 Å². The fourth-order valence-corrected chi connectivity index (χ4v) is 2.74. The van der Waals surface area contributed by atoms with Crippen LogP contribution in [0.1, 0.15) is 17.5 Å². The molecule has 0 fully saturated rings. The first kappa shape index (κ1) is 18.1. The highest BCUT2D eigenvalue weighted by Crippen LogP contribution is 2.27. The summed E-state index contributed by atoms with van der Waals surface area (Å²) in [6.45, 7) is 0.334. The second-order valence-corrected chi connectivity index (χ2v) is 6.21. The molecule has 0 aliphatic heterocycles. The third-order valence-electron chi connectivity index (χ3n) is 3.93. The van der Waals surface area contributed by atoms with E-state index in [4.69, 9.17) is 16.3 Å². The second-order valence-electron chi connectivity index (χ2n) is 5.77. The van der Waals surface area contributed by atoms with Gasteiger partial charge in [-0.3, -0.25) is 14.9 Å². The molecule has 2 N–H and O–H groups in total. The lowest BCUT2D eigenvalue weighted by molar-refractivity contribution is -0.116. The highest BCUT2D eigenvalue weighted by Gasteiger charge is 2.16. The molecule has 134 valence electrons. The number of hydrogen-bond acceptors (Lipinski definition) is 4. The molecule has 0 unspecified atom stereocenters. The molecule has 0 atom stereocenters. The summed E-state index contributed by atoms with van der Waals surface area (Å²) >= 11 is 5.88. The summed E-state index contributed by atoms with van der Waals surface area (Å²) in [6.07, 6.45) is 4.39. The van der Waals surface area contributed by atoms with E-state index in [-0.39, 0.29) is 5.91 Å². The van der Waals surface area contributed by atoms with Crippen LogP contribution in [-0.2, 0) is 22.6 Å². The Bertz CT molecular complexity index is 863. The number of pyridine rings is 1. The van der Waals surface area contributed by atoms with Crippen LogP contribution in [0.4, 0.5) is 5.82 Å². The lowest BCUT2D eigenvalue weighted by atomic mass is 10.1. The third kappa shape index (κ3) is 4.47. The molecule has 0 saturated heterocycles. The van der Waals surface area contributed by atoms with Crippen LogP contribution in [0, 0.1) is 0 Å². The Kier molecular flexibility index (Phi) is 5.99. The van der Waals surface area contributed by atoms with Crippen LogP contribution in [0.3, 0.4) is 0 Å². The van der Waals surface area contributed by atoms with E-state index in [2.05, 4.69) is 20.5 Å². The van der Waals surface area contributed by atoms with Gasteiger partial charge in [-0.2, -0.15) is 5.10 Å². The number of nitrogens with one attached hydrogen (secondary N) is 2. The Morgan fingerprint density at radius 3 is 2.62 bits per heavy atom. The van der Waals surface area contributed by atoms with Gasteiger partial charge in [0.2, 0.25) is 5.91 Å². The van der Waals surface area contributed by atoms with Crippen molar-refractivity contribution in [3.8, 4) is 11.3 Å². The smallest absolute Gasteiger partial charge is 0.225 e. The number of ether oxygens (including phenoxy) is 1. The summed E-state index contributed by atoms with van der Waals surface area (Å²) in [4.78, 5) is 16.3. The number of aryl methyl sites for hydroxylation is 1. The minimum absolute atomic E-state index is 0.0952. The molecule has 7 heteroatoms. The molecular weight excluding hydrogens is 352 g/mol. The number of nitrogens with zero attached hydrogens (tertiary/aromatic N) is 2. The number of carbonyl (C=O) groups is 1. The van der Waals surface area contributed by atoms with Gasteiger partial charge in [-0.15, -0.1) is 0 Å². The average Bonchev–Trinajstić information content (AvgIpc) is 3.05. The van der Waals surface area contributed by atoms with Crippen molar-refractivity contribution >= 4 is 23.3 Å². The lowest BCUT2D eigenvalue weighted by Gasteiger charge is -2.07. The zero-order chi connectivity index (χ0) is 18.4. The maximum atomic E-state index is 12.3. The maximum absolute atomic E-state index is 12.3. The normalized spacial score (nSPS) is 10.7. The van der Waals surface area contributed by atoms with Crippen molar-refractivity contribution in [2.75, 3.05) is 12.4 Å². The number of halogens is 1. The summed E-state index contributed by atoms with van der Waals surface area (Å²) in [5.74, 6) is 0.460. The number of benzene rings is 1. The quantitative estimate of drug-likeness (QED) is 0.662. The number of H-pyrrole nitrogens is 1. The molecule has 1 aromatic carbocycles. The zero-order valence-corrected chi connectivity index (χ0v) is 15.1. The first-order valence-electron chi connectivity index (χ1n) is 8.18. The van der Waals surface area contributed by atoms with E-state index in [0.29, 0.717) is 30.3 Å². The van der Waals surface area contributed by atoms with Gasteiger partial charge < -0.3 is 10.1 Å². The predicted molar refractivity (Wildman–Crippen MR) is 101 cm³/mol. The highest BCUT2D eigenvalue weighted by molar-refractivity contribution is 6.30. The van der Waals surface area contributed by atoms with Crippen molar-refractivity contribution in [1.29, 1.82) is 0 Å². The molecule has 2 heterocycles. The van der Waals surface area contributed by atoms with E-state index in [9.17, 15) is 4.79 Å². The van der Waals surface area contributed by atoms with Crippen molar-refractivity contribution in [3.63, 3.8) is 0 Å². The molecule has 0 aliphatic carbocycles. The minimum Gasteiger partial charge on any atom is -0.380 e. The fourth-order valence-electron chi connectivity index (χ4n) is 2.61. The Hall–Kier alpha value is -2.70. The average molecular weight is 371 g/mol. The largest absolute Gasteiger partial charge is 0.380 e. The number of rotatable bonds is 7. The van der Waals surface area contributed by atoms with Crippen LogP contribution in [0.2, 0.25) is 5.02 Å². The number of carbonyl (C=O) groups excluding carboxylic acids is 1. The van der Waals surface area contributed by atoms with Crippen LogP contribution in [0.5, 0.6) is 0 Å². The molecule has 3 rings (SSSR count). The van der Waals surface area contributed by atoms with E-state index in [1.807, 2.05) is 36.4 Å². The molecule has 3 aromatic rings. The van der Waals surface area contributed by atoms with Gasteiger partial charge in [0, 0.05) is 42.1 Å². The summed E-state index contributed by atoms with van der Waals surface area (Å²) in [7, 11) is 1.61. The summed E-state index contributed by atoms with van der Waals surface area (Å²) in [5.41, 5.74) is 3.51. The van der Waals surface area contributed by atoms with E-state index in [0.717, 1.165) is 22.4 Å². The summed E-state index contributed by atoms with van der Waals surface area (Å²) in [5, 5.41) is 10.8. The van der Waals surface area contributed by atoms with E-state index in [1.54, 1.807) is 19.5 Å². The van der Waals surface area contributed by atoms with Crippen molar-refractivity contribution in [3.05, 3.63) is 64.9 Å². The van der Waals surface area contributed by atoms with Gasteiger partial charge in [0.1, 0.15) is 5.82 Å². The summed E-state index contributed by atoms with van der Waals surface area (Å²) < 4.78 is 5.27. The maximum Gasteiger partial charge on any atom is 0.225 e. The highest BCUT2D eigenvalue weighted by atomic mass is 35.5. The SMILES string of the molecule is COCc1c(-c2ccncc2)n[nH]c1NC(=O)CCc1ccc(Cl)cc1. The van der Waals surface area contributed by atoms with Crippen molar-refractivity contribution in [1.82, 2.24) is 15.2 Å². The second kappa shape index (κ2) is 8.60. The van der Waals surface area contributed by atoms with Crippen LogP contribution in [-0.4, -0.2) is 28.2 Å². The fraction of sp³-hybridized carbons (Fsp3) is 0.211. The van der Waals surface area contributed by atoms with Crippen molar-refractivity contribution < 1.29 is 9.53 Å². The Morgan fingerprint density at radius 1 is 1.19 bits per heavy atom. The minimum atomic E-state index is -0.0952. The van der Waals surface area contributed by atoms with Gasteiger partial charge in [0.15, 0.2) is 0 Å². The number of amides is 1. The monoisotopic (exact) mass is 370 g/mol. The predicted octanol–water partition coefficient (Wildman–Crippen LogP) is 3.84. The lowest BCUT2D eigenvalue weighted by Crippen LogP contribution is -2.14. The molecule has 1 amide bonds. The Balaban J connectivity index is 1.69. The molecule has 0 saturated carbocycles. The third-order valence-corrected chi connectivity index (χ3v) is 4.18. The number of anilines is 1. The van der Waals surface area contributed by atoms with Gasteiger partial charge >= 0.3 is 0 Å². The zero-order valence-electron chi connectivity index (χ0n) is 14.3. The molecule has 0 bridgehead atoms. The molecule has 26 heavy (non-hydrogen) atoms. The number of hydrogen-bond donors (Lipinski definition) is 2. The molecule has 0 spiro atoms. The molecule has 0 radical (unpaired) electrons. The van der Waals surface area contributed by atoms with Crippen LogP contribution in [0.15, 0.2) is 48.8 Å². The Morgan fingerprint density at radius 2 is 1.92 bits per heavy atom. The van der Waals surface area contributed by atoms with Crippen molar-refractivity contribution in [2.45, 2.75) is 19.4 Å². The molecule has 2 aromatic heterocycles.